The second kappa shape index (κ2) is 6.57. The number of aliphatic carboxylic acids is 1. The lowest BCUT2D eigenvalue weighted by molar-refractivity contribution is -0.145. The topological polar surface area (TPSA) is 46.5 Å². The van der Waals surface area contributed by atoms with E-state index >= 15 is 0 Å². The third kappa shape index (κ3) is 4.10. The number of carbonyl (C=O) groups is 1. The molecule has 104 valence electrons. The summed E-state index contributed by atoms with van der Waals surface area (Å²) in [7, 11) is 0. The average Bonchev–Trinajstić information content (AvgIpc) is 2.40. The standard InChI is InChI=1S/C16H15BrO3/c1-11-5-7-14(8-6-11)20-15(16(18)19)10-12-3-2-4-13(17)9-12/h2-9,15H,10H2,1H3,(H,18,19). The van der Waals surface area contributed by atoms with Crippen LogP contribution < -0.4 is 4.74 Å². The van der Waals surface area contributed by atoms with E-state index in [1.54, 1.807) is 12.1 Å². The van der Waals surface area contributed by atoms with E-state index in [9.17, 15) is 9.90 Å². The Balaban J connectivity index is 2.11. The van der Waals surface area contributed by atoms with Crippen molar-refractivity contribution >= 4 is 21.9 Å². The van der Waals surface area contributed by atoms with Crippen molar-refractivity contribution in [2.45, 2.75) is 19.4 Å². The molecule has 1 atom stereocenters. The highest BCUT2D eigenvalue weighted by Crippen LogP contribution is 2.18. The molecule has 0 heterocycles. The number of ether oxygens (including phenoxy) is 1. The molecule has 0 radical (unpaired) electrons. The molecular weight excluding hydrogens is 320 g/mol. The van der Waals surface area contributed by atoms with Crippen LogP contribution in [0, 0.1) is 6.92 Å². The maximum Gasteiger partial charge on any atom is 0.345 e. The Morgan fingerprint density at radius 3 is 2.55 bits per heavy atom. The first-order valence-corrected chi connectivity index (χ1v) is 7.04. The minimum atomic E-state index is -0.967. The lowest BCUT2D eigenvalue weighted by Crippen LogP contribution is -2.29. The van der Waals surface area contributed by atoms with Crippen molar-refractivity contribution in [3.63, 3.8) is 0 Å². The van der Waals surface area contributed by atoms with Crippen LogP contribution in [0.1, 0.15) is 11.1 Å². The lowest BCUT2D eigenvalue weighted by atomic mass is 10.1. The van der Waals surface area contributed by atoms with Crippen LogP contribution in [0.25, 0.3) is 0 Å². The Kier molecular flexibility index (Phi) is 4.79. The third-order valence-electron chi connectivity index (χ3n) is 2.88. The Morgan fingerprint density at radius 2 is 1.95 bits per heavy atom. The summed E-state index contributed by atoms with van der Waals surface area (Å²) in [6.07, 6.45) is -0.574. The van der Waals surface area contributed by atoms with Crippen LogP contribution >= 0.6 is 15.9 Å². The molecule has 2 aromatic rings. The molecule has 0 aromatic heterocycles. The number of carboxylic acids is 1. The molecule has 0 fully saturated rings. The van der Waals surface area contributed by atoms with Crippen molar-refractivity contribution in [1.82, 2.24) is 0 Å². The number of hydrogen-bond acceptors (Lipinski definition) is 2. The van der Waals surface area contributed by atoms with Crippen molar-refractivity contribution in [2.75, 3.05) is 0 Å². The minimum Gasteiger partial charge on any atom is -0.478 e. The number of halogens is 1. The van der Waals surface area contributed by atoms with E-state index in [0.29, 0.717) is 12.2 Å². The fourth-order valence-corrected chi connectivity index (χ4v) is 2.29. The van der Waals surface area contributed by atoms with E-state index < -0.39 is 12.1 Å². The van der Waals surface area contributed by atoms with Crippen LogP contribution in [-0.2, 0) is 11.2 Å². The van der Waals surface area contributed by atoms with E-state index in [4.69, 9.17) is 4.74 Å². The molecule has 0 bridgehead atoms. The molecule has 0 amide bonds. The maximum absolute atomic E-state index is 11.3. The minimum absolute atomic E-state index is 0.322. The molecule has 0 aliphatic rings. The van der Waals surface area contributed by atoms with Crippen LogP contribution in [0.5, 0.6) is 5.75 Å². The fraction of sp³-hybridized carbons (Fsp3) is 0.188. The molecular formula is C16H15BrO3. The Labute approximate surface area is 126 Å². The van der Waals surface area contributed by atoms with E-state index in [0.717, 1.165) is 15.6 Å². The van der Waals surface area contributed by atoms with E-state index in [-0.39, 0.29) is 0 Å². The van der Waals surface area contributed by atoms with Gasteiger partial charge in [0, 0.05) is 10.9 Å². The lowest BCUT2D eigenvalue weighted by Gasteiger charge is -2.15. The first kappa shape index (κ1) is 14.6. The van der Waals surface area contributed by atoms with Gasteiger partial charge in [0.2, 0.25) is 0 Å². The molecule has 1 unspecified atom stereocenters. The number of rotatable bonds is 5. The zero-order chi connectivity index (χ0) is 14.5. The first-order chi connectivity index (χ1) is 9.54. The predicted octanol–water partition coefficient (Wildman–Crippen LogP) is 3.83. The molecule has 0 saturated carbocycles. The molecule has 3 nitrogen and oxygen atoms in total. The smallest absolute Gasteiger partial charge is 0.345 e. The van der Waals surface area contributed by atoms with E-state index in [1.807, 2.05) is 43.3 Å². The van der Waals surface area contributed by atoms with Gasteiger partial charge in [-0.15, -0.1) is 0 Å². The van der Waals surface area contributed by atoms with Crippen LogP contribution in [0.3, 0.4) is 0 Å². The van der Waals surface area contributed by atoms with Crippen LogP contribution in [0.15, 0.2) is 53.0 Å². The van der Waals surface area contributed by atoms with Crippen LogP contribution in [0.2, 0.25) is 0 Å². The van der Waals surface area contributed by atoms with E-state index in [2.05, 4.69) is 15.9 Å². The average molecular weight is 335 g/mol. The maximum atomic E-state index is 11.3. The van der Waals surface area contributed by atoms with Gasteiger partial charge in [-0.05, 0) is 36.8 Å². The molecule has 1 N–H and O–H groups in total. The summed E-state index contributed by atoms with van der Waals surface area (Å²) in [5.74, 6) is -0.399. The van der Waals surface area contributed by atoms with Crippen molar-refractivity contribution < 1.29 is 14.6 Å². The summed E-state index contributed by atoms with van der Waals surface area (Å²) in [5, 5.41) is 9.28. The largest absolute Gasteiger partial charge is 0.478 e. The number of hydrogen-bond donors (Lipinski definition) is 1. The van der Waals surface area contributed by atoms with Crippen molar-refractivity contribution in [1.29, 1.82) is 0 Å². The van der Waals surface area contributed by atoms with Gasteiger partial charge >= 0.3 is 5.97 Å². The number of aryl methyl sites for hydroxylation is 1. The Bertz CT molecular complexity index is 593. The van der Waals surface area contributed by atoms with Gasteiger partial charge in [0.25, 0.3) is 0 Å². The zero-order valence-corrected chi connectivity index (χ0v) is 12.6. The monoisotopic (exact) mass is 334 g/mol. The van der Waals surface area contributed by atoms with Gasteiger partial charge in [0.1, 0.15) is 5.75 Å². The quantitative estimate of drug-likeness (QED) is 0.903. The van der Waals surface area contributed by atoms with Gasteiger partial charge in [-0.3, -0.25) is 0 Å². The molecule has 4 heteroatoms. The molecule has 0 aliphatic carbocycles. The Morgan fingerprint density at radius 1 is 1.25 bits per heavy atom. The van der Waals surface area contributed by atoms with Gasteiger partial charge < -0.3 is 9.84 Å². The van der Waals surface area contributed by atoms with E-state index in [1.165, 1.54) is 0 Å². The molecule has 0 spiro atoms. The summed E-state index contributed by atoms with van der Waals surface area (Å²) in [6.45, 7) is 1.97. The summed E-state index contributed by atoms with van der Waals surface area (Å²) < 4.78 is 6.49. The van der Waals surface area contributed by atoms with Crippen molar-refractivity contribution in [2.24, 2.45) is 0 Å². The summed E-state index contributed by atoms with van der Waals surface area (Å²) in [6, 6.07) is 14.9. The second-order valence-electron chi connectivity index (χ2n) is 4.59. The summed E-state index contributed by atoms with van der Waals surface area (Å²) >= 11 is 3.38. The highest BCUT2D eigenvalue weighted by Gasteiger charge is 2.20. The molecule has 0 aliphatic heterocycles. The van der Waals surface area contributed by atoms with Gasteiger partial charge in [-0.2, -0.15) is 0 Å². The highest BCUT2D eigenvalue weighted by molar-refractivity contribution is 9.10. The third-order valence-corrected chi connectivity index (χ3v) is 3.38. The predicted molar refractivity (Wildman–Crippen MR) is 81.1 cm³/mol. The first-order valence-electron chi connectivity index (χ1n) is 6.25. The van der Waals surface area contributed by atoms with Crippen molar-refractivity contribution in [3.05, 3.63) is 64.1 Å². The molecule has 2 aromatic carbocycles. The molecule has 20 heavy (non-hydrogen) atoms. The van der Waals surface area contributed by atoms with Crippen molar-refractivity contribution in [3.8, 4) is 5.75 Å². The fourth-order valence-electron chi connectivity index (χ4n) is 1.84. The van der Waals surface area contributed by atoms with Crippen LogP contribution in [-0.4, -0.2) is 17.2 Å². The number of benzene rings is 2. The summed E-state index contributed by atoms with van der Waals surface area (Å²) in [4.78, 5) is 11.3. The van der Waals surface area contributed by atoms with Gasteiger partial charge in [0.15, 0.2) is 6.10 Å². The SMILES string of the molecule is Cc1ccc(OC(Cc2cccc(Br)c2)C(=O)O)cc1. The number of carboxylic acid groups (broad SMARTS) is 1. The molecule has 2 rings (SSSR count). The Hall–Kier alpha value is -1.81. The van der Waals surface area contributed by atoms with Crippen LogP contribution in [0.4, 0.5) is 0 Å². The second-order valence-corrected chi connectivity index (χ2v) is 5.51. The summed E-state index contributed by atoms with van der Waals surface area (Å²) in [5.41, 5.74) is 2.02. The highest BCUT2D eigenvalue weighted by atomic mass is 79.9. The normalized spacial score (nSPS) is 11.9. The van der Waals surface area contributed by atoms with Gasteiger partial charge in [0.05, 0.1) is 0 Å². The zero-order valence-electron chi connectivity index (χ0n) is 11.0. The molecule has 0 saturated heterocycles. The van der Waals surface area contributed by atoms with Gasteiger partial charge in [-0.25, -0.2) is 4.79 Å². The van der Waals surface area contributed by atoms with Gasteiger partial charge in [-0.1, -0.05) is 45.8 Å².